The van der Waals surface area contributed by atoms with Crippen LogP contribution in [0.4, 0.5) is 0 Å². The number of methoxy groups -OCH3 is 1. The van der Waals surface area contributed by atoms with Gasteiger partial charge in [-0.15, -0.1) is 11.3 Å². The summed E-state index contributed by atoms with van der Waals surface area (Å²) >= 11 is 1.71. The molecule has 0 aliphatic heterocycles. The monoisotopic (exact) mass is 448 g/mol. The van der Waals surface area contributed by atoms with Crippen molar-refractivity contribution < 1.29 is 14.3 Å². The van der Waals surface area contributed by atoms with Crippen molar-refractivity contribution in [1.29, 1.82) is 0 Å². The predicted molar refractivity (Wildman–Crippen MR) is 130 cm³/mol. The average Bonchev–Trinajstić information content (AvgIpc) is 3.39. The van der Waals surface area contributed by atoms with Gasteiger partial charge < -0.3 is 9.47 Å². The quantitative estimate of drug-likeness (QED) is 0.217. The third-order valence-corrected chi connectivity index (χ3v) is 6.52. The van der Waals surface area contributed by atoms with E-state index in [4.69, 9.17) is 9.72 Å². The highest BCUT2D eigenvalue weighted by Gasteiger charge is 2.17. The van der Waals surface area contributed by atoms with E-state index in [1.807, 2.05) is 12.1 Å². The summed E-state index contributed by atoms with van der Waals surface area (Å²) in [6.45, 7) is 4.83. The summed E-state index contributed by atoms with van der Waals surface area (Å²) in [4.78, 5) is 17.4. The first-order valence-electron chi connectivity index (χ1n) is 10.9. The molecule has 32 heavy (non-hydrogen) atoms. The Bertz CT molecular complexity index is 1210. The van der Waals surface area contributed by atoms with Gasteiger partial charge in [-0.2, -0.15) is 0 Å². The summed E-state index contributed by atoms with van der Waals surface area (Å²) < 4.78 is 12.9. The molecule has 0 amide bonds. The first-order valence-corrected chi connectivity index (χ1v) is 11.8. The van der Waals surface area contributed by atoms with Crippen LogP contribution in [-0.4, -0.2) is 29.2 Å². The second-order valence-electron chi connectivity index (χ2n) is 7.92. The van der Waals surface area contributed by atoms with E-state index in [1.54, 1.807) is 11.3 Å². The molecule has 0 fully saturated rings. The molecule has 4 aromatic rings. The maximum absolute atomic E-state index is 11.2. The second-order valence-corrected chi connectivity index (χ2v) is 8.84. The minimum atomic E-state index is -0.155. The van der Waals surface area contributed by atoms with Gasteiger partial charge in [0.05, 0.1) is 29.6 Å². The second kappa shape index (κ2) is 10.0. The van der Waals surface area contributed by atoms with E-state index >= 15 is 0 Å². The lowest BCUT2D eigenvalue weighted by atomic mass is 10.2. The fourth-order valence-corrected chi connectivity index (χ4v) is 4.60. The molecule has 0 atom stereocenters. The number of carbonyl (C=O) groups is 1. The first kappa shape index (κ1) is 22.1. The SMILES string of the molecule is COC(=O)CCCCCOc1ccc2nc(-c3sccc3C)n(-c3ccc(C)cc3)c2c1. The number of aryl methyl sites for hydroxylation is 2. The Morgan fingerprint density at radius 3 is 2.56 bits per heavy atom. The van der Waals surface area contributed by atoms with Crippen LogP contribution in [0, 0.1) is 13.8 Å². The van der Waals surface area contributed by atoms with Crippen LogP contribution in [-0.2, 0) is 9.53 Å². The number of carbonyl (C=O) groups excluding carboxylic acids is 1. The molecular formula is C26H28N2O3S. The summed E-state index contributed by atoms with van der Waals surface area (Å²) in [5.74, 6) is 1.63. The minimum Gasteiger partial charge on any atom is -0.494 e. The topological polar surface area (TPSA) is 53.4 Å². The lowest BCUT2D eigenvalue weighted by Crippen LogP contribution is -2.01. The molecule has 4 rings (SSSR count). The lowest BCUT2D eigenvalue weighted by molar-refractivity contribution is -0.140. The van der Waals surface area contributed by atoms with E-state index in [0.29, 0.717) is 13.0 Å². The van der Waals surface area contributed by atoms with Crippen molar-refractivity contribution in [2.24, 2.45) is 0 Å². The molecule has 2 heterocycles. The number of ether oxygens (including phenoxy) is 2. The molecule has 0 bridgehead atoms. The molecule has 0 aliphatic rings. The molecule has 5 nitrogen and oxygen atoms in total. The number of thiophene rings is 1. The van der Waals surface area contributed by atoms with Crippen LogP contribution >= 0.6 is 11.3 Å². The molecule has 2 aromatic heterocycles. The van der Waals surface area contributed by atoms with Crippen LogP contribution in [0.15, 0.2) is 53.9 Å². The Labute approximate surface area is 192 Å². The van der Waals surface area contributed by atoms with Crippen molar-refractivity contribution in [2.45, 2.75) is 39.5 Å². The number of unbranched alkanes of at least 4 members (excludes halogenated alkanes) is 2. The van der Waals surface area contributed by atoms with E-state index in [9.17, 15) is 4.79 Å². The summed E-state index contributed by atoms with van der Waals surface area (Å²) in [6.07, 6.45) is 3.11. The van der Waals surface area contributed by atoms with Crippen molar-refractivity contribution in [2.75, 3.05) is 13.7 Å². The van der Waals surface area contributed by atoms with Crippen LogP contribution in [0.5, 0.6) is 5.75 Å². The maximum atomic E-state index is 11.2. The zero-order chi connectivity index (χ0) is 22.5. The van der Waals surface area contributed by atoms with Gasteiger partial charge in [0.15, 0.2) is 5.82 Å². The predicted octanol–water partition coefficient (Wildman–Crippen LogP) is 6.48. The van der Waals surface area contributed by atoms with Gasteiger partial charge in [-0.25, -0.2) is 4.98 Å². The molecular weight excluding hydrogens is 420 g/mol. The highest BCUT2D eigenvalue weighted by atomic mass is 32.1. The molecule has 2 aromatic carbocycles. The third kappa shape index (κ3) is 4.86. The van der Waals surface area contributed by atoms with Gasteiger partial charge in [-0.3, -0.25) is 9.36 Å². The third-order valence-electron chi connectivity index (χ3n) is 5.50. The zero-order valence-corrected chi connectivity index (χ0v) is 19.6. The van der Waals surface area contributed by atoms with Gasteiger partial charge in [0.2, 0.25) is 0 Å². The van der Waals surface area contributed by atoms with E-state index in [2.05, 4.69) is 64.9 Å². The van der Waals surface area contributed by atoms with Crippen molar-refractivity contribution in [3.05, 3.63) is 65.0 Å². The average molecular weight is 449 g/mol. The van der Waals surface area contributed by atoms with Crippen LogP contribution in [0.1, 0.15) is 36.8 Å². The van der Waals surface area contributed by atoms with Crippen LogP contribution in [0.25, 0.3) is 27.4 Å². The summed E-state index contributed by atoms with van der Waals surface area (Å²) in [5, 5.41) is 2.11. The van der Waals surface area contributed by atoms with Gasteiger partial charge in [0.25, 0.3) is 0 Å². The number of hydrogen-bond acceptors (Lipinski definition) is 5. The van der Waals surface area contributed by atoms with Gasteiger partial charge in [-0.05, 0) is 74.4 Å². The standard InChI is InChI=1S/C26H28N2O3S/c1-18-8-10-20(11-9-18)28-23-17-21(31-15-6-4-5-7-24(29)30-3)12-13-22(23)27-26(28)25-19(2)14-16-32-25/h8-14,16-17H,4-7,15H2,1-3H3. The highest BCUT2D eigenvalue weighted by molar-refractivity contribution is 7.13. The van der Waals surface area contributed by atoms with E-state index in [1.165, 1.54) is 23.1 Å². The molecule has 0 aliphatic carbocycles. The highest BCUT2D eigenvalue weighted by Crippen LogP contribution is 2.35. The Kier molecular flexibility index (Phi) is 6.90. The Morgan fingerprint density at radius 1 is 1.03 bits per heavy atom. The lowest BCUT2D eigenvalue weighted by Gasteiger charge is -2.11. The number of esters is 1. The number of benzene rings is 2. The number of hydrogen-bond donors (Lipinski definition) is 0. The summed E-state index contributed by atoms with van der Waals surface area (Å²) in [5.41, 5.74) is 5.50. The summed E-state index contributed by atoms with van der Waals surface area (Å²) in [7, 11) is 1.42. The molecule has 6 heteroatoms. The molecule has 0 N–H and O–H groups in total. The number of nitrogens with zero attached hydrogens (tertiary/aromatic N) is 2. The van der Waals surface area contributed by atoms with E-state index in [0.717, 1.165) is 47.6 Å². The van der Waals surface area contributed by atoms with Crippen LogP contribution in [0.2, 0.25) is 0 Å². The normalized spacial score (nSPS) is 11.1. The van der Waals surface area contributed by atoms with E-state index < -0.39 is 0 Å². The summed E-state index contributed by atoms with van der Waals surface area (Å²) in [6, 6.07) is 16.7. The van der Waals surface area contributed by atoms with Crippen molar-refractivity contribution in [3.63, 3.8) is 0 Å². The number of fused-ring (bicyclic) bond motifs is 1. The van der Waals surface area contributed by atoms with Gasteiger partial charge >= 0.3 is 5.97 Å². The van der Waals surface area contributed by atoms with Gasteiger partial charge in [0, 0.05) is 18.2 Å². The van der Waals surface area contributed by atoms with Crippen molar-refractivity contribution in [1.82, 2.24) is 9.55 Å². The molecule has 0 saturated heterocycles. The number of aromatic nitrogens is 2. The zero-order valence-electron chi connectivity index (χ0n) is 18.8. The van der Waals surface area contributed by atoms with Crippen LogP contribution < -0.4 is 4.74 Å². The maximum Gasteiger partial charge on any atom is 0.305 e. The minimum absolute atomic E-state index is 0.155. The molecule has 0 radical (unpaired) electrons. The first-order chi connectivity index (χ1) is 15.6. The van der Waals surface area contributed by atoms with Gasteiger partial charge in [-0.1, -0.05) is 17.7 Å². The Balaban J connectivity index is 1.59. The smallest absolute Gasteiger partial charge is 0.305 e. The molecule has 0 unspecified atom stereocenters. The van der Waals surface area contributed by atoms with Crippen LogP contribution in [0.3, 0.4) is 0 Å². The number of imidazole rings is 1. The Morgan fingerprint density at radius 2 is 1.84 bits per heavy atom. The van der Waals surface area contributed by atoms with E-state index in [-0.39, 0.29) is 5.97 Å². The fourth-order valence-electron chi connectivity index (χ4n) is 3.69. The van der Waals surface area contributed by atoms with Gasteiger partial charge in [0.1, 0.15) is 5.75 Å². The molecule has 0 spiro atoms. The van der Waals surface area contributed by atoms with Crippen molar-refractivity contribution >= 4 is 28.3 Å². The number of rotatable bonds is 9. The molecule has 0 saturated carbocycles. The fraction of sp³-hybridized carbons (Fsp3) is 0.308. The largest absolute Gasteiger partial charge is 0.494 e. The Hall–Kier alpha value is -3.12. The van der Waals surface area contributed by atoms with Crippen molar-refractivity contribution in [3.8, 4) is 22.1 Å². The molecule has 166 valence electrons.